The number of rotatable bonds is 3. The van der Waals surface area contributed by atoms with E-state index in [4.69, 9.17) is 11.6 Å². The Hall–Kier alpha value is -0.650. The fourth-order valence-corrected chi connectivity index (χ4v) is 2.81. The van der Waals surface area contributed by atoms with Gasteiger partial charge in [-0.05, 0) is 56.5 Å². The summed E-state index contributed by atoms with van der Waals surface area (Å²) in [5.41, 5.74) is 1.90. The highest BCUT2D eigenvalue weighted by Gasteiger charge is 2.12. The van der Waals surface area contributed by atoms with Crippen molar-refractivity contribution in [2.45, 2.75) is 13.3 Å². The molecular weight excluding hydrogens is 393 g/mol. The van der Waals surface area contributed by atoms with Crippen LogP contribution in [0.4, 0.5) is 5.82 Å². The van der Waals surface area contributed by atoms with Crippen LogP contribution in [0, 0.1) is 0 Å². The first kappa shape index (κ1) is 14.8. The minimum absolute atomic E-state index is 0.672. The molecule has 0 aliphatic heterocycles. The number of hydrogen-bond donors (Lipinski definition) is 1. The summed E-state index contributed by atoms with van der Waals surface area (Å²) < 4.78 is 1.75. The highest BCUT2D eigenvalue weighted by atomic mass is 79.9. The molecule has 1 N–H and O–H groups in total. The number of benzene rings is 1. The standard InChI is InChI=1S/C13H12Br2ClN3/c1-3-10-11(15)13(17-2)19-12(18-10)7-4-5-9(16)8(14)6-7/h4-6H,3H2,1-2H3,(H,17,18,19). The van der Waals surface area contributed by atoms with E-state index in [9.17, 15) is 0 Å². The smallest absolute Gasteiger partial charge is 0.161 e. The Morgan fingerprint density at radius 3 is 2.58 bits per heavy atom. The summed E-state index contributed by atoms with van der Waals surface area (Å²) in [5, 5.41) is 3.74. The number of aromatic nitrogens is 2. The maximum atomic E-state index is 6.00. The molecule has 0 spiro atoms. The zero-order chi connectivity index (χ0) is 14.0. The van der Waals surface area contributed by atoms with E-state index in [2.05, 4.69) is 54.1 Å². The Labute approximate surface area is 134 Å². The van der Waals surface area contributed by atoms with Gasteiger partial charge in [0.1, 0.15) is 5.82 Å². The summed E-state index contributed by atoms with van der Waals surface area (Å²) in [5.74, 6) is 1.47. The van der Waals surface area contributed by atoms with E-state index in [-0.39, 0.29) is 0 Å². The Morgan fingerprint density at radius 1 is 1.26 bits per heavy atom. The molecule has 2 rings (SSSR count). The van der Waals surface area contributed by atoms with Gasteiger partial charge in [0.05, 0.1) is 15.2 Å². The maximum absolute atomic E-state index is 6.00. The van der Waals surface area contributed by atoms with Gasteiger partial charge in [-0.2, -0.15) is 0 Å². The molecule has 0 saturated carbocycles. The van der Waals surface area contributed by atoms with Gasteiger partial charge in [-0.3, -0.25) is 0 Å². The van der Waals surface area contributed by atoms with Gasteiger partial charge >= 0.3 is 0 Å². The number of nitrogens with zero attached hydrogens (tertiary/aromatic N) is 2. The third kappa shape index (κ3) is 3.09. The molecule has 6 heteroatoms. The van der Waals surface area contributed by atoms with Crippen molar-refractivity contribution in [3.05, 3.63) is 37.9 Å². The minimum Gasteiger partial charge on any atom is -0.372 e. The molecule has 0 unspecified atom stereocenters. The van der Waals surface area contributed by atoms with Crippen molar-refractivity contribution in [3.8, 4) is 11.4 Å². The fourth-order valence-electron chi connectivity index (χ4n) is 1.66. The zero-order valence-corrected chi connectivity index (χ0v) is 14.4. The SMILES string of the molecule is CCc1nc(-c2ccc(Cl)c(Br)c2)nc(NC)c1Br. The third-order valence-corrected chi connectivity index (χ3v) is 4.72. The van der Waals surface area contributed by atoms with Gasteiger partial charge in [-0.25, -0.2) is 9.97 Å². The van der Waals surface area contributed by atoms with Crippen molar-refractivity contribution in [3.63, 3.8) is 0 Å². The van der Waals surface area contributed by atoms with Crippen molar-refractivity contribution in [2.24, 2.45) is 0 Å². The lowest BCUT2D eigenvalue weighted by Gasteiger charge is -2.10. The maximum Gasteiger partial charge on any atom is 0.161 e. The van der Waals surface area contributed by atoms with Crippen molar-refractivity contribution in [2.75, 3.05) is 12.4 Å². The minimum atomic E-state index is 0.672. The molecule has 0 fully saturated rings. The van der Waals surface area contributed by atoms with Gasteiger partial charge in [0.25, 0.3) is 0 Å². The van der Waals surface area contributed by atoms with Gasteiger partial charge in [-0.1, -0.05) is 18.5 Å². The molecule has 19 heavy (non-hydrogen) atoms. The number of aryl methyl sites for hydroxylation is 1. The second-order valence-corrected chi connectivity index (χ2v) is 5.94. The molecule has 2 aromatic rings. The third-order valence-electron chi connectivity index (χ3n) is 2.67. The monoisotopic (exact) mass is 403 g/mol. The molecule has 0 aliphatic carbocycles. The number of halogens is 3. The summed E-state index contributed by atoms with van der Waals surface area (Å²) in [6, 6.07) is 5.66. The van der Waals surface area contributed by atoms with Gasteiger partial charge in [0.15, 0.2) is 5.82 Å². The van der Waals surface area contributed by atoms with Crippen LogP contribution in [0.25, 0.3) is 11.4 Å². The molecule has 0 aliphatic rings. The van der Waals surface area contributed by atoms with Gasteiger partial charge in [-0.15, -0.1) is 0 Å². The summed E-state index contributed by atoms with van der Waals surface area (Å²) in [4.78, 5) is 9.09. The quantitative estimate of drug-likeness (QED) is 0.787. The van der Waals surface area contributed by atoms with E-state index in [0.717, 1.165) is 32.4 Å². The second kappa shape index (κ2) is 6.20. The molecule has 0 atom stereocenters. The van der Waals surface area contributed by atoms with E-state index in [1.54, 1.807) is 0 Å². The van der Waals surface area contributed by atoms with E-state index in [1.807, 2.05) is 25.2 Å². The van der Waals surface area contributed by atoms with Crippen LogP contribution in [0.1, 0.15) is 12.6 Å². The Kier molecular flexibility index (Phi) is 4.81. The molecule has 0 amide bonds. The van der Waals surface area contributed by atoms with Crippen molar-refractivity contribution in [1.29, 1.82) is 0 Å². The fraction of sp³-hybridized carbons (Fsp3) is 0.231. The molecule has 3 nitrogen and oxygen atoms in total. The van der Waals surface area contributed by atoms with Crippen LogP contribution in [0.5, 0.6) is 0 Å². The number of anilines is 1. The first-order chi connectivity index (χ1) is 9.06. The number of nitrogens with one attached hydrogen (secondary N) is 1. The van der Waals surface area contributed by atoms with E-state index < -0.39 is 0 Å². The van der Waals surface area contributed by atoms with E-state index in [1.165, 1.54) is 0 Å². The Morgan fingerprint density at radius 2 is 2.00 bits per heavy atom. The van der Waals surface area contributed by atoms with E-state index in [0.29, 0.717) is 10.8 Å². The van der Waals surface area contributed by atoms with Crippen LogP contribution in [-0.4, -0.2) is 17.0 Å². The Balaban J connectivity index is 2.58. The van der Waals surface area contributed by atoms with Gasteiger partial charge in [0, 0.05) is 17.1 Å². The average Bonchev–Trinajstić information content (AvgIpc) is 2.42. The largest absolute Gasteiger partial charge is 0.372 e. The molecule has 0 bridgehead atoms. The second-order valence-electron chi connectivity index (χ2n) is 3.89. The molecular formula is C13H12Br2ClN3. The lowest BCUT2D eigenvalue weighted by Crippen LogP contribution is -2.02. The first-order valence-electron chi connectivity index (χ1n) is 5.76. The first-order valence-corrected chi connectivity index (χ1v) is 7.72. The molecule has 100 valence electrons. The lowest BCUT2D eigenvalue weighted by atomic mass is 10.2. The van der Waals surface area contributed by atoms with Crippen LogP contribution in [-0.2, 0) is 6.42 Å². The number of hydrogen-bond acceptors (Lipinski definition) is 3. The molecule has 0 saturated heterocycles. The van der Waals surface area contributed by atoms with Gasteiger partial charge in [0.2, 0.25) is 0 Å². The molecule has 1 heterocycles. The summed E-state index contributed by atoms with van der Waals surface area (Å²) >= 11 is 12.9. The van der Waals surface area contributed by atoms with Crippen LogP contribution in [0.15, 0.2) is 27.1 Å². The predicted octanol–water partition coefficient (Wildman–Crippen LogP) is 4.93. The van der Waals surface area contributed by atoms with Crippen LogP contribution in [0.2, 0.25) is 5.02 Å². The van der Waals surface area contributed by atoms with Crippen molar-refractivity contribution < 1.29 is 0 Å². The molecule has 1 aromatic carbocycles. The Bertz CT molecular complexity index is 592. The molecule has 0 radical (unpaired) electrons. The summed E-state index contributed by atoms with van der Waals surface area (Å²) in [6.45, 7) is 2.06. The molecule has 1 aromatic heterocycles. The van der Waals surface area contributed by atoms with Crippen LogP contribution < -0.4 is 5.32 Å². The summed E-state index contributed by atoms with van der Waals surface area (Å²) in [6.07, 6.45) is 0.833. The topological polar surface area (TPSA) is 37.8 Å². The highest BCUT2D eigenvalue weighted by molar-refractivity contribution is 9.11. The summed E-state index contributed by atoms with van der Waals surface area (Å²) in [7, 11) is 1.84. The highest BCUT2D eigenvalue weighted by Crippen LogP contribution is 2.30. The van der Waals surface area contributed by atoms with Crippen LogP contribution in [0.3, 0.4) is 0 Å². The van der Waals surface area contributed by atoms with E-state index >= 15 is 0 Å². The zero-order valence-electron chi connectivity index (χ0n) is 10.5. The normalized spacial score (nSPS) is 10.6. The lowest BCUT2D eigenvalue weighted by molar-refractivity contribution is 0.991. The van der Waals surface area contributed by atoms with Crippen molar-refractivity contribution in [1.82, 2.24) is 9.97 Å². The van der Waals surface area contributed by atoms with Gasteiger partial charge < -0.3 is 5.32 Å². The average molecular weight is 406 g/mol. The van der Waals surface area contributed by atoms with Crippen LogP contribution >= 0.6 is 43.5 Å². The van der Waals surface area contributed by atoms with Crippen molar-refractivity contribution >= 4 is 49.3 Å². The predicted molar refractivity (Wildman–Crippen MR) is 86.8 cm³/mol.